The van der Waals surface area contributed by atoms with E-state index in [1.165, 1.54) is 25.7 Å². The number of ether oxygens (including phenoxy) is 1. The Morgan fingerprint density at radius 2 is 1.86 bits per heavy atom. The molecule has 0 fully saturated rings. The van der Waals surface area contributed by atoms with E-state index in [4.69, 9.17) is 9.84 Å². The Balaban J connectivity index is 2.28. The monoisotopic (exact) mass is 293 g/mol. The number of hydrogen-bond acceptors (Lipinski definition) is 3. The zero-order chi connectivity index (χ0) is 15.5. The van der Waals surface area contributed by atoms with Crippen LogP contribution in [0.4, 0.5) is 0 Å². The molecule has 1 aromatic rings. The predicted molar refractivity (Wildman–Crippen MR) is 84.7 cm³/mol. The SMILES string of the molecule is CCCCCCCOc1ccc(C(=O)NC[C@H](C)O)cc1. The Hall–Kier alpha value is -1.55. The average molecular weight is 293 g/mol. The standard InChI is InChI=1S/C17H27NO3/c1-3-4-5-6-7-12-21-16-10-8-15(9-11-16)17(20)18-13-14(2)19/h8-11,14,19H,3-7,12-13H2,1-2H3,(H,18,20)/t14-/m0/s1. The van der Waals surface area contributed by atoms with Gasteiger partial charge in [0.25, 0.3) is 5.91 Å². The molecule has 0 aromatic heterocycles. The van der Waals surface area contributed by atoms with Crippen molar-refractivity contribution in [2.24, 2.45) is 0 Å². The van der Waals surface area contributed by atoms with Crippen molar-refractivity contribution in [2.75, 3.05) is 13.2 Å². The summed E-state index contributed by atoms with van der Waals surface area (Å²) in [5.41, 5.74) is 0.575. The molecule has 118 valence electrons. The largest absolute Gasteiger partial charge is 0.494 e. The maximum Gasteiger partial charge on any atom is 0.251 e. The van der Waals surface area contributed by atoms with Crippen molar-refractivity contribution in [3.05, 3.63) is 29.8 Å². The zero-order valence-corrected chi connectivity index (χ0v) is 13.1. The maximum atomic E-state index is 11.8. The van der Waals surface area contributed by atoms with Crippen LogP contribution in [-0.2, 0) is 0 Å². The lowest BCUT2D eigenvalue weighted by atomic mass is 10.2. The van der Waals surface area contributed by atoms with Gasteiger partial charge in [0.1, 0.15) is 5.75 Å². The van der Waals surface area contributed by atoms with Crippen molar-refractivity contribution in [1.82, 2.24) is 5.32 Å². The summed E-state index contributed by atoms with van der Waals surface area (Å²) >= 11 is 0. The number of carbonyl (C=O) groups excluding carboxylic acids is 1. The highest BCUT2D eigenvalue weighted by Crippen LogP contribution is 2.13. The van der Waals surface area contributed by atoms with Crippen molar-refractivity contribution in [3.8, 4) is 5.75 Å². The summed E-state index contributed by atoms with van der Waals surface area (Å²) in [7, 11) is 0. The summed E-state index contributed by atoms with van der Waals surface area (Å²) in [5, 5.41) is 11.8. The first-order valence-electron chi connectivity index (χ1n) is 7.82. The fourth-order valence-corrected chi connectivity index (χ4v) is 1.94. The van der Waals surface area contributed by atoms with Crippen LogP contribution < -0.4 is 10.1 Å². The van der Waals surface area contributed by atoms with E-state index in [9.17, 15) is 4.79 Å². The van der Waals surface area contributed by atoms with Gasteiger partial charge in [-0.3, -0.25) is 4.79 Å². The molecule has 0 aliphatic carbocycles. The van der Waals surface area contributed by atoms with Gasteiger partial charge >= 0.3 is 0 Å². The summed E-state index contributed by atoms with van der Waals surface area (Å²) in [4.78, 5) is 11.8. The molecule has 0 saturated carbocycles. The van der Waals surface area contributed by atoms with Gasteiger partial charge in [-0.2, -0.15) is 0 Å². The molecule has 4 nitrogen and oxygen atoms in total. The Kier molecular flexibility index (Phi) is 8.51. The molecule has 0 heterocycles. The summed E-state index contributed by atoms with van der Waals surface area (Å²) in [6, 6.07) is 7.10. The minimum Gasteiger partial charge on any atom is -0.494 e. The first-order chi connectivity index (χ1) is 10.1. The summed E-state index contributed by atoms with van der Waals surface area (Å²) in [5.74, 6) is 0.611. The van der Waals surface area contributed by atoms with Crippen LogP contribution in [0.25, 0.3) is 0 Å². The van der Waals surface area contributed by atoms with Gasteiger partial charge in [-0.15, -0.1) is 0 Å². The Bertz CT molecular complexity index is 401. The van der Waals surface area contributed by atoms with Crippen LogP contribution in [0.15, 0.2) is 24.3 Å². The molecule has 1 amide bonds. The zero-order valence-electron chi connectivity index (χ0n) is 13.1. The minimum atomic E-state index is -0.538. The molecular weight excluding hydrogens is 266 g/mol. The average Bonchev–Trinajstić information content (AvgIpc) is 2.49. The van der Waals surface area contributed by atoms with Crippen molar-refractivity contribution < 1.29 is 14.6 Å². The van der Waals surface area contributed by atoms with Crippen molar-refractivity contribution in [1.29, 1.82) is 0 Å². The van der Waals surface area contributed by atoms with Crippen molar-refractivity contribution >= 4 is 5.91 Å². The number of aliphatic hydroxyl groups is 1. The quantitative estimate of drug-likeness (QED) is 0.652. The normalized spacial score (nSPS) is 12.0. The molecule has 21 heavy (non-hydrogen) atoms. The number of aliphatic hydroxyl groups excluding tert-OH is 1. The van der Waals surface area contributed by atoms with Gasteiger partial charge in [0.15, 0.2) is 0 Å². The summed E-state index contributed by atoms with van der Waals surface area (Å²) in [6.07, 6.45) is 5.53. The van der Waals surface area contributed by atoms with Gasteiger partial charge in [0.05, 0.1) is 12.7 Å². The first-order valence-corrected chi connectivity index (χ1v) is 7.82. The number of carbonyl (C=O) groups is 1. The molecule has 0 bridgehead atoms. The molecule has 4 heteroatoms. The van der Waals surface area contributed by atoms with Crippen LogP contribution in [0.1, 0.15) is 56.3 Å². The fourth-order valence-electron chi connectivity index (χ4n) is 1.94. The second kappa shape index (κ2) is 10.2. The lowest BCUT2D eigenvalue weighted by Gasteiger charge is -2.09. The smallest absolute Gasteiger partial charge is 0.251 e. The van der Waals surface area contributed by atoms with Crippen LogP contribution in [0, 0.1) is 0 Å². The van der Waals surface area contributed by atoms with E-state index in [1.54, 1.807) is 19.1 Å². The van der Waals surface area contributed by atoms with Crippen LogP contribution in [0.5, 0.6) is 5.75 Å². The fraction of sp³-hybridized carbons (Fsp3) is 0.588. The predicted octanol–water partition coefficient (Wildman–Crippen LogP) is 3.15. The minimum absolute atomic E-state index is 0.179. The first kappa shape index (κ1) is 17.5. The Morgan fingerprint density at radius 1 is 1.19 bits per heavy atom. The Morgan fingerprint density at radius 3 is 2.48 bits per heavy atom. The molecule has 1 aromatic carbocycles. The maximum absolute atomic E-state index is 11.8. The highest BCUT2D eigenvalue weighted by atomic mass is 16.5. The van der Waals surface area contributed by atoms with E-state index in [0.29, 0.717) is 5.56 Å². The number of benzene rings is 1. The molecule has 0 radical (unpaired) electrons. The van der Waals surface area contributed by atoms with Crippen LogP contribution in [0.3, 0.4) is 0 Å². The van der Waals surface area contributed by atoms with E-state index < -0.39 is 6.10 Å². The molecule has 1 rings (SSSR count). The van der Waals surface area contributed by atoms with Gasteiger partial charge in [0.2, 0.25) is 0 Å². The molecule has 0 unspecified atom stereocenters. The lowest BCUT2D eigenvalue weighted by molar-refractivity contribution is 0.0924. The van der Waals surface area contributed by atoms with E-state index in [2.05, 4.69) is 12.2 Å². The second-order valence-corrected chi connectivity index (χ2v) is 5.35. The molecule has 0 aliphatic heterocycles. The Labute approximate surface area is 127 Å². The number of nitrogens with one attached hydrogen (secondary N) is 1. The number of rotatable bonds is 10. The second-order valence-electron chi connectivity index (χ2n) is 5.35. The van der Waals surface area contributed by atoms with Gasteiger partial charge in [-0.25, -0.2) is 0 Å². The topological polar surface area (TPSA) is 58.6 Å². The number of unbranched alkanes of at least 4 members (excludes halogenated alkanes) is 4. The molecule has 2 N–H and O–H groups in total. The molecular formula is C17H27NO3. The van der Waals surface area contributed by atoms with Crippen molar-refractivity contribution in [3.63, 3.8) is 0 Å². The van der Waals surface area contributed by atoms with Crippen LogP contribution in [-0.4, -0.2) is 30.3 Å². The van der Waals surface area contributed by atoms with Crippen LogP contribution >= 0.6 is 0 Å². The summed E-state index contributed by atoms with van der Waals surface area (Å²) < 4.78 is 5.65. The van der Waals surface area contributed by atoms with Gasteiger partial charge in [0, 0.05) is 12.1 Å². The van der Waals surface area contributed by atoms with Gasteiger partial charge in [-0.05, 0) is 37.6 Å². The van der Waals surface area contributed by atoms with E-state index in [0.717, 1.165) is 18.8 Å². The van der Waals surface area contributed by atoms with Gasteiger partial charge < -0.3 is 15.2 Å². The molecule has 0 aliphatic rings. The molecule has 0 spiro atoms. The van der Waals surface area contributed by atoms with E-state index in [1.807, 2.05) is 12.1 Å². The van der Waals surface area contributed by atoms with E-state index >= 15 is 0 Å². The third kappa shape index (κ3) is 7.71. The summed E-state index contributed by atoms with van der Waals surface area (Å²) in [6.45, 7) is 4.82. The highest BCUT2D eigenvalue weighted by Gasteiger charge is 2.06. The third-order valence-corrected chi connectivity index (χ3v) is 3.19. The molecule has 0 saturated heterocycles. The number of hydrogen-bond donors (Lipinski definition) is 2. The van der Waals surface area contributed by atoms with Crippen molar-refractivity contribution in [2.45, 2.75) is 52.1 Å². The third-order valence-electron chi connectivity index (χ3n) is 3.19. The number of amides is 1. The van der Waals surface area contributed by atoms with E-state index in [-0.39, 0.29) is 12.5 Å². The highest BCUT2D eigenvalue weighted by molar-refractivity contribution is 5.94. The lowest BCUT2D eigenvalue weighted by Crippen LogP contribution is -2.30. The van der Waals surface area contributed by atoms with Gasteiger partial charge in [-0.1, -0.05) is 32.6 Å². The molecule has 1 atom stereocenters. The van der Waals surface area contributed by atoms with Crippen LogP contribution in [0.2, 0.25) is 0 Å².